The summed E-state index contributed by atoms with van der Waals surface area (Å²) in [5.41, 5.74) is 3.43. The van der Waals surface area contributed by atoms with Crippen LogP contribution >= 0.6 is 0 Å². The Labute approximate surface area is 281 Å². The van der Waals surface area contributed by atoms with Crippen LogP contribution in [0, 0.1) is 5.92 Å². The third kappa shape index (κ3) is 33.4. The van der Waals surface area contributed by atoms with E-state index in [1.54, 1.807) is 0 Å². The Kier molecular flexibility index (Phi) is 33.6. The van der Waals surface area contributed by atoms with E-state index in [9.17, 15) is 4.79 Å². The number of carbonyl (C=O) groups excluding carboxylic acids is 1. The summed E-state index contributed by atoms with van der Waals surface area (Å²) in [4.78, 5) is 15.1. The molecule has 3 nitrogen and oxygen atoms in total. The summed E-state index contributed by atoms with van der Waals surface area (Å²) >= 11 is 0. The van der Waals surface area contributed by atoms with E-state index in [0.29, 0.717) is 12.3 Å². The maximum atomic E-state index is 12.9. The van der Waals surface area contributed by atoms with Crippen LogP contribution in [0.2, 0.25) is 0 Å². The van der Waals surface area contributed by atoms with E-state index in [0.717, 1.165) is 90.0 Å². The molecule has 0 aliphatic heterocycles. The highest BCUT2D eigenvalue weighted by atomic mass is 16.5. The summed E-state index contributed by atoms with van der Waals surface area (Å²) in [5, 5.41) is 0. The topological polar surface area (TPSA) is 29.5 Å². The molecule has 0 rings (SSSR count). The third-order valence-corrected chi connectivity index (χ3v) is 8.50. The van der Waals surface area contributed by atoms with Gasteiger partial charge in [-0.3, -0.25) is 4.79 Å². The molecule has 2 unspecified atom stereocenters. The number of carbonyl (C=O) groups is 1. The van der Waals surface area contributed by atoms with E-state index in [1.807, 2.05) is 6.08 Å². The molecule has 0 amide bonds. The number of hydrogen-bond acceptors (Lipinski definition) is 3. The highest BCUT2D eigenvalue weighted by Crippen LogP contribution is 2.25. The van der Waals surface area contributed by atoms with Gasteiger partial charge in [0.15, 0.2) is 0 Å². The van der Waals surface area contributed by atoms with Gasteiger partial charge in [-0.2, -0.15) is 0 Å². The number of allylic oxidation sites excluding steroid dienone is 6. The quantitative estimate of drug-likeness (QED) is 0.0314. The summed E-state index contributed by atoms with van der Waals surface area (Å²) in [5.74, 6) is 0.584. The number of hydrogen-bond donors (Lipinski definition) is 0. The fourth-order valence-corrected chi connectivity index (χ4v) is 5.68. The lowest BCUT2D eigenvalue weighted by molar-refractivity contribution is -0.150. The van der Waals surface area contributed by atoms with Crippen molar-refractivity contribution in [2.24, 2.45) is 5.92 Å². The highest BCUT2D eigenvalue weighted by Gasteiger charge is 2.20. The maximum absolute atomic E-state index is 12.9. The second kappa shape index (κ2) is 35.0. The molecule has 3 heteroatoms. The summed E-state index contributed by atoms with van der Waals surface area (Å²) in [6.45, 7) is 9.42. The smallest absolute Gasteiger partial charge is 0.306 e. The molecule has 0 aromatic rings. The second-order valence-electron chi connectivity index (χ2n) is 13.3. The largest absolute Gasteiger partial charge is 0.462 e. The van der Waals surface area contributed by atoms with Crippen molar-refractivity contribution >= 4 is 5.97 Å². The first-order chi connectivity index (χ1) is 22.0. The summed E-state index contributed by atoms with van der Waals surface area (Å²) in [6.07, 6.45) is 44.3. The zero-order chi connectivity index (χ0) is 33.1. The number of ether oxygens (including phenoxy) is 1. The minimum atomic E-state index is 0.00582. The Morgan fingerprint density at radius 3 is 1.89 bits per heavy atom. The van der Waals surface area contributed by atoms with Crippen molar-refractivity contribution in [2.75, 3.05) is 20.6 Å². The fourth-order valence-electron chi connectivity index (χ4n) is 5.68. The van der Waals surface area contributed by atoms with Gasteiger partial charge in [-0.15, -0.1) is 12.3 Å². The van der Waals surface area contributed by atoms with Gasteiger partial charge >= 0.3 is 5.97 Å². The SMILES string of the molecule is C=CCCCC/C=C\CCCC(CC(CCC=C=CCCCCC)CCC/C=C\CCCCC)OC(=O)CCCCCN(C)C. The molecule has 0 saturated carbocycles. The van der Waals surface area contributed by atoms with Crippen LogP contribution in [0.3, 0.4) is 0 Å². The van der Waals surface area contributed by atoms with Gasteiger partial charge in [-0.1, -0.05) is 82.8 Å². The summed E-state index contributed by atoms with van der Waals surface area (Å²) < 4.78 is 6.22. The van der Waals surface area contributed by atoms with Crippen LogP contribution in [0.5, 0.6) is 0 Å². The molecule has 0 aliphatic carbocycles. The zero-order valence-electron chi connectivity index (χ0n) is 30.6. The minimum Gasteiger partial charge on any atom is -0.462 e. The predicted molar refractivity (Wildman–Crippen MR) is 200 cm³/mol. The van der Waals surface area contributed by atoms with Crippen LogP contribution in [-0.4, -0.2) is 37.6 Å². The first-order valence-corrected chi connectivity index (χ1v) is 19.2. The molecule has 0 saturated heterocycles. The second-order valence-corrected chi connectivity index (χ2v) is 13.3. The van der Waals surface area contributed by atoms with Crippen molar-refractivity contribution in [3.05, 3.63) is 54.8 Å². The number of rotatable bonds is 33. The molecule has 0 aliphatic rings. The van der Waals surface area contributed by atoms with Gasteiger partial charge in [0.05, 0.1) is 0 Å². The highest BCUT2D eigenvalue weighted by molar-refractivity contribution is 5.69. The van der Waals surface area contributed by atoms with E-state index >= 15 is 0 Å². The molecule has 45 heavy (non-hydrogen) atoms. The third-order valence-electron chi connectivity index (χ3n) is 8.50. The molecule has 0 spiro atoms. The monoisotopic (exact) mass is 626 g/mol. The predicted octanol–water partition coefficient (Wildman–Crippen LogP) is 12.9. The molecule has 0 N–H and O–H groups in total. The molecule has 0 bridgehead atoms. The molecule has 0 aromatic heterocycles. The van der Waals surface area contributed by atoms with Gasteiger partial charge in [-0.05, 0) is 154 Å². The first kappa shape index (κ1) is 43.2. The lowest BCUT2D eigenvalue weighted by Gasteiger charge is -2.24. The minimum absolute atomic E-state index is 0.00582. The number of unbranched alkanes of at least 4 members (excludes halogenated alkanes) is 13. The Hall–Kier alpha value is -1.83. The van der Waals surface area contributed by atoms with E-state index in [-0.39, 0.29) is 12.1 Å². The molecular formula is C42H75NO2. The van der Waals surface area contributed by atoms with E-state index in [4.69, 9.17) is 4.74 Å². The van der Waals surface area contributed by atoms with Gasteiger partial charge in [-0.25, -0.2) is 0 Å². The van der Waals surface area contributed by atoms with Gasteiger partial charge < -0.3 is 9.64 Å². The molecule has 2 atom stereocenters. The lowest BCUT2D eigenvalue weighted by atomic mass is 9.89. The Morgan fingerprint density at radius 1 is 0.667 bits per heavy atom. The van der Waals surface area contributed by atoms with Gasteiger partial charge in [0.25, 0.3) is 0 Å². The summed E-state index contributed by atoms with van der Waals surface area (Å²) in [7, 11) is 4.22. The maximum Gasteiger partial charge on any atom is 0.306 e. The van der Waals surface area contributed by atoms with E-state index in [1.165, 1.54) is 70.6 Å². The van der Waals surface area contributed by atoms with Crippen molar-refractivity contribution < 1.29 is 9.53 Å². The molecule has 0 radical (unpaired) electrons. The van der Waals surface area contributed by atoms with Crippen LogP contribution in [0.15, 0.2) is 54.8 Å². The van der Waals surface area contributed by atoms with Gasteiger partial charge in [0.1, 0.15) is 6.10 Å². The van der Waals surface area contributed by atoms with Crippen LogP contribution in [-0.2, 0) is 9.53 Å². The van der Waals surface area contributed by atoms with E-state index < -0.39 is 0 Å². The molecule has 0 fully saturated rings. The van der Waals surface area contributed by atoms with Gasteiger partial charge in [0, 0.05) is 6.42 Å². The van der Waals surface area contributed by atoms with Crippen molar-refractivity contribution in [3.8, 4) is 0 Å². The Balaban J connectivity index is 5.13. The molecular weight excluding hydrogens is 550 g/mol. The van der Waals surface area contributed by atoms with E-state index in [2.05, 4.69) is 81.6 Å². The van der Waals surface area contributed by atoms with Gasteiger partial charge in [0.2, 0.25) is 0 Å². The normalized spacial score (nSPS) is 12.9. The first-order valence-electron chi connectivity index (χ1n) is 19.2. The average molecular weight is 626 g/mol. The Bertz CT molecular complexity index is 774. The fraction of sp³-hybridized carbons (Fsp3) is 0.762. The van der Waals surface area contributed by atoms with Crippen molar-refractivity contribution in [1.82, 2.24) is 4.90 Å². The lowest BCUT2D eigenvalue weighted by Crippen LogP contribution is -2.22. The number of nitrogens with zero attached hydrogens (tertiary/aromatic N) is 1. The Morgan fingerprint density at radius 2 is 1.24 bits per heavy atom. The van der Waals surface area contributed by atoms with Crippen molar-refractivity contribution in [3.63, 3.8) is 0 Å². The average Bonchev–Trinajstić information content (AvgIpc) is 3.02. The standard InChI is InChI=1S/C42H75NO2/c1-6-9-12-15-18-21-24-27-31-36-41(45-42(44)37-32-28-33-38-43(4)5)39-40(34-29-25-22-19-16-13-10-7-2)35-30-26-23-20-17-14-11-8-3/h6,19-22,24,26,40-41H,1,7-18,25,27-39H2,2-5H3/b22-19-,24-21-. The van der Waals surface area contributed by atoms with Crippen LogP contribution < -0.4 is 0 Å². The molecule has 260 valence electrons. The van der Waals surface area contributed by atoms with Crippen LogP contribution in [0.4, 0.5) is 0 Å². The number of esters is 1. The van der Waals surface area contributed by atoms with Crippen molar-refractivity contribution in [1.29, 1.82) is 0 Å². The van der Waals surface area contributed by atoms with Crippen molar-refractivity contribution in [2.45, 2.75) is 180 Å². The summed E-state index contributed by atoms with van der Waals surface area (Å²) in [6, 6.07) is 0. The van der Waals surface area contributed by atoms with Crippen LogP contribution in [0.25, 0.3) is 0 Å². The molecule has 0 heterocycles. The zero-order valence-corrected chi connectivity index (χ0v) is 30.6. The van der Waals surface area contributed by atoms with Crippen LogP contribution in [0.1, 0.15) is 174 Å². The molecule has 0 aromatic carbocycles.